The van der Waals surface area contributed by atoms with Gasteiger partial charge in [0, 0.05) is 48.3 Å². The lowest BCUT2D eigenvalue weighted by Gasteiger charge is -2.37. The van der Waals surface area contributed by atoms with Crippen molar-refractivity contribution in [2.45, 2.75) is 0 Å². The van der Waals surface area contributed by atoms with E-state index in [4.69, 9.17) is 17.3 Å². The standard InChI is InChI=1S/C16H18ClN3/c17-13-4-6-15(7-5-13)19-8-10-20(11-9-19)16-3-1-2-14(18)12-16/h1-7,12H,8-11,18H2. The molecule has 1 fully saturated rings. The van der Waals surface area contributed by atoms with Gasteiger partial charge >= 0.3 is 0 Å². The molecule has 2 N–H and O–H groups in total. The predicted molar refractivity (Wildman–Crippen MR) is 86.7 cm³/mol. The molecule has 1 heterocycles. The minimum absolute atomic E-state index is 0.784. The molecule has 1 saturated heterocycles. The van der Waals surface area contributed by atoms with Gasteiger partial charge in [-0.15, -0.1) is 0 Å². The minimum Gasteiger partial charge on any atom is -0.399 e. The summed E-state index contributed by atoms with van der Waals surface area (Å²) >= 11 is 5.93. The van der Waals surface area contributed by atoms with Crippen LogP contribution in [-0.2, 0) is 0 Å². The molecule has 20 heavy (non-hydrogen) atoms. The molecule has 0 aliphatic carbocycles. The SMILES string of the molecule is Nc1cccc(N2CCN(c3ccc(Cl)cc3)CC2)c1. The molecule has 1 aliphatic heterocycles. The fraction of sp³-hybridized carbons (Fsp3) is 0.250. The van der Waals surface area contributed by atoms with E-state index < -0.39 is 0 Å². The smallest absolute Gasteiger partial charge is 0.0407 e. The molecule has 3 nitrogen and oxygen atoms in total. The first kappa shape index (κ1) is 13.1. The van der Waals surface area contributed by atoms with Crippen LogP contribution in [0.1, 0.15) is 0 Å². The van der Waals surface area contributed by atoms with Crippen LogP contribution in [0.15, 0.2) is 48.5 Å². The highest BCUT2D eigenvalue weighted by molar-refractivity contribution is 6.30. The lowest BCUT2D eigenvalue weighted by atomic mass is 10.2. The lowest BCUT2D eigenvalue weighted by Crippen LogP contribution is -2.46. The van der Waals surface area contributed by atoms with E-state index in [1.807, 2.05) is 30.3 Å². The Labute approximate surface area is 124 Å². The van der Waals surface area contributed by atoms with Crippen molar-refractivity contribution in [3.05, 3.63) is 53.6 Å². The molecular formula is C16H18ClN3. The van der Waals surface area contributed by atoms with Gasteiger partial charge in [-0.25, -0.2) is 0 Å². The van der Waals surface area contributed by atoms with Gasteiger partial charge < -0.3 is 15.5 Å². The second kappa shape index (κ2) is 5.63. The summed E-state index contributed by atoms with van der Waals surface area (Å²) in [5.41, 5.74) is 9.12. The predicted octanol–water partition coefficient (Wildman–Crippen LogP) is 3.25. The van der Waals surface area contributed by atoms with Crippen LogP contribution in [0.3, 0.4) is 0 Å². The van der Waals surface area contributed by atoms with Crippen molar-refractivity contribution >= 4 is 28.7 Å². The van der Waals surface area contributed by atoms with Crippen LogP contribution in [-0.4, -0.2) is 26.2 Å². The van der Waals surface area contributed by atoms with Crippen LogP contribution < -0.4 is 15.5 Å². The highest BCUT2D eigenvalue weighted by Crippen LogP contribution is 2.23. The highest BCUT2D eigenvalue weighted by atomic mass is 35.5. The van der Waals surface area contributed by atoms with Gasteiger partial charge in [-0.05, 0) is 42.5 Å². The van der Waals surface area contributed by atoms with Gasteiger partial charge in [0.1, 0.15) is 0 Å². The molecule has 2 aromatic carbocycles. The number of halogens is 1. The number of piperazine rings is 1. The second-order valence-electron chi connectivity index (χ2n) is 5.05. The Bertz CT molecular complexity index is 575. The Morgan fingerprint density at radius 2 is 1.40 bits per heavy atom. The number of nitrogens with zero attached hydrogens (tertiary/aromatic N) is 2. The van der Waals surface area contributed by atoms with E-state index in [1.165, 1.54) is 11.4 Å². The third kappa shape index (κ3) is 2.83. The summed E-state index contributed by atoms with van der Waals surface area (Å²) in [5, 5.41) is 0.784. The fourth-order valence-electron chi connectivity index (χ4n) is 2.60. The molecule has 2 aromatic rings. The highest BCUT2D eigenvalue weighted by Gasteiger charge is 2.17. The average molecular weight is 288 g/mol. The second-order valence-corrected chi connectivity index (χ2v) is 5.48. The molecule has 0 radical (unpaired) electrons. The quantitative estimate of drug-likeness (QED) is 0.861. The van der Waals surface area contributed by atoms with Crippen LogP contribution in [0.4, 0.5) is 17.1 Å². The largest absolute Gasteiger partial charge is 0.399 e. The monoisotopic (exact) mass is 287 g/mol. The summed E-state index contributed by atoms with van der Waals surface area (Å²) in [7, 11) is 0. The third-order valence-corrected chi connectivity index (χ3v) is 3.96. The molecule has 3 rings (SSSR count). The summed E-state index contributed by atoms with van der Waals surface area (Å²) < 4.78 is 0. The van der Waals surface area contributed by atoms with Gasteiger partial charge in [-0.2, -0.15) is 0 Å². The molecule has 0 spiro atoms. The zero-order chi connectivity index (χ0) is 13.9. The topological polar surface area (TPSA) is 32.5 Å². The van der Waals surface area contributed by atoms with Crippen LogP contribution in [0.2, 0.25) is 5.02 Å². The number of rotatable bonds is 2. The normalized spacial score (nSPS) is 15.4. The lowest BCUT2D eigenvalue weighted by molar-refractivity contribution is 0.654. The summed E-state index contributed by atoms with van der Waals surface area (Å²) in [6.45, 7) is 4.03. The van der Waals surface area contributed by atoms with E-state index in [0.717, 1.165) is 36.9 Å². The van der Waals surface area contributed by atoms with E-state index in [0.29, 0.717) is 0 Å². The molecule has 0 unspecified atom stereocenters. The Morgan fingerprint density at radius 1 is 0.800 bits per heavy atom. The minimum atomic E-state index is 0.784. The van der Waals surface area contributed by atoms with Gasteiger partial charge in [0.25, 0.3) is 0 Å². The van der Waals surface area contributed by atoms with Gasteiger partial charge in [0.15, 0.2) is 0 Å². The zero-order valence-electron chi connectivity index (χ0n) is 11.3. The van der Waals surface area contributed by atoms with Crippen molar-refractivity contribution in [1.29, 1.82) is 0 Å². The maximum atomic E-state index is 5.93. The van der Waals surface area contributed by atoms with Gasteiger partial charge in [-0.3, -0.25) is 0 Å². The molecule has 0 bridgehead atoms. The number of nitrogens with two attached hydrogens (primary N) is 1. The van der Waals surface area contributed by atoms with E-state index in [9.17, 15) is 0 Å². The van der Waals surface area contributed by atoms with E-state index in [1.54, 1.807) is 0 Å². The summed E-state index contributed by atoms with van der Waals surface area (Å²) in [6, 6.07) is 16.1. The Morgan fingerprint density at radius 3 is 2.00 bits per heavy atom. The van der Waals surface area contributed by atoms with Gasteiger partial charge in [0.05, 0.1) is 0 Å². The summed E-state index contributed by atoms with van der Waals surface area (Å²) in [4.78, 5) is 4.77. The molecule has 4 heteroatoms. The third-order valence-electron chi connectivity index (χ3n) is 3.71. The molecule has 0 amide bonds. The molecular weight excluding hydrogens is 270 g/mol. The molecule has 1 aliphatic rings. The maximum absolute atomic E-state index is 5.93. The number of benzene rings is 2. The van der Waals surface area contributed by atoms with Crippen LogP contribution in [0.25, 0.3) is 0 Å². The van der Waals surface area contributed by atoms with Crippen molar-refractivity contribution < 1.29 is 0 Å². The summed E-state index contributed by atoms with van der Waals surface area (Å²) in [6.07, 6.45) is 0. The zero-order valence-corrected chi connectivity index (χ0v) is 12.1. The van der Waals surface area contributed by atoms with Crippen LogP contribution in [0.5, 0.6) is 0 Å². The fourth-order valence-corrected chi connectivity index (χ4v) is 2.72. The number of hydrogen-bond acceptors (Lipinski definition) is 3. The first-order chi connectivity index (χ1) is 9.72. The Balaban J connectivity index is 1.66. The van der Waals surface area contributed by atoms with Crippen LogP contribution >= 0.6 is 11.6 Å². The van der Waals surface area contributed by atoms with E-state index in [-0.39, 0.29) is 0 Å². The maximum Gasteiger partial charge on any atom is 0.0407 e. The number of hydrogen-bond donors (Lipinski definition) is 1. The Hall–Kier alpha value is -1.87. The van der Waals surface area contributed by atoms with Crippen molar-refractivity contribution in [2.75, 3.05) is 41.7 Å². The van der Waals surface area contributed by atoms with Crippen molar-refractivity contribution in [3.63, 3.8) is 0 Å². The molecule has 104 valence electrons. The van der Waals surface area contributed by atoms with Gasteiger partial charge in [0.2, 0.25) is 0 Å². The molecule has 0 aromatic heterocycles. The van der Waals surface area contributed by atoms with Crippen molar-refractivity contribution in [1.82, 2.24) is 0 Å². The van der Waals surface area contributed by atoms with Crippen molar-refractivity contribution in [2.24, 2.45) is 0 Å². The van der Waals surface area contributed by atoms with Crippen LogP contribution in [0, 0.1) is 0 Å². The average Bonchev–Trinajstić information content (AvgIpc) is 2.48. The number of nitrogen functional groups attached to an aromatic ring is 1. The molecule has 0 atom stereocenters. The van der Waals surface area contributed by atoms with Crippen molar-refractivity contribution in [3.8, 4) is 0 Å². The number of anilines is 3. The Kier molecular flexibility index (Phi) is 3.70. The summed E-state index contributed by atoms with van der Waals surface area (Å²) in [5.74, 6) is 0. The first-order valence-electron chi connectivity index (χ1n) is 6.83. The first-order valence-corrected chi connectivity index (χ1v) is 7.21. The molecule has 0 saturated carbocycles. The van der Waals surface area contributed by atoms with E-state index in [2.05, 4.69) is 28.0 Å². The van der Waals surface area contributed by atoms with E-state index >= 15 is 0 Å². The van der Waals surface area contributed by atoms with Gasteiger partial charge in [-0.1, -0.05) is 17.7 Å².